The minimum absolute atomic E-state index is 0.121. The lowest BCUT2D eigenvalue weighted by atomic mass is 10.1. The van der Waals surface area contributed by atoms with E-state index >= 15 is 0 Å². The minimum atomic E-state index is -2.98. The Morgan fingerprint density at radius 1 is 1.19 bits per heavy atom. The predicted octanol–water partition coefficient (Wildman–Crippen LogP) is -0.969. The lowest BCUT2D eigenvalue weighted by Gasteiger charge is -2.08. The van der Waals surface area contributed by atoms with Gasteiger partial charge in [-0.25, -0.2) is 18.4 Å². The highest BCUT2D eigenvalue weighted by Crippen LogP contribution is 2.19. The van der Waals surface area contributed by atoms with Crippen molar-refractivity contribution in [3.05, 3.63) is 17.1 Å². The van der Waals surface area contributed by atoms with Crippen LogP contribution in [0.4, 0.5) is 5.82 Å². The van der Waals surface area contributed by atoms with Gasteiger partial charge in [-0.05, 0) is 6.42 Å². The molecule has 6 nitrogen and oxygen atoms in total. The Hall–Kier alpha value is -1.21. The normalized spacial score (nSPS) is 18.8. The number of anilines is 1. The van der Waals surface area contributed by atoms with Crippen molar-refractivity contribution in [3.63, 3.8) is 0 Å². The van der Waals surface area contributed by atoms with E-state index in [1.165, 1.54) is 0 Å². The van der Waals surface area contributed by atoms with Crippen molar-refractivity contribution in [2.24, 2.45) is 5.73 Å². The van der Waals surface area contributed by atoms with E-state index in [0.717, 1.165) is 11.3 Å². The van der Waals surface area contributed by atoms with Crippen LogP contribution in [0.15, 0.2) is 0 Å². The van der Waals surface area contributed by atoms with Crippen LogP contribution in [0, 0.1) is 0 Å². The average molecular weight is 242 g/mol. The SMILES string of the molecule is NCc1nc(N)c2c(n1)CCS(=O)(=O)CC2. The zero-order chi connectivity index (χ0) is 11.8. The van der Waals surface area contributed by atoms with Crippen molar-refractivity contribution in [1.29, 1.82) is 0 Å². The quantitative estimate of drug-likeness (QED) is 0.655. The molecule has 4 N–H and O–H groups in total. The zero-order valence-electron chi connectivity index (χ0n) is 8.81. The van der Waals surface area contributed by atoms with Gasteiger partial charge in [0.15, 0.2) is 9.84 Å². The Labute approximate surface area is 94.0 Å². The van der Waals surface area contributed by atoms with E-state index in [4.69, 9.17) is 11.5 Å². The standard InChI is InChI=1S/C9H14N4O2S/c10-5-8-12-7-2-4-16(14,15)3-1-6(7)9(11)13-8/h1-5,10H2,(H2,11,12,13). The summed E-state index contributed by atoms with van der Waals surface area (Å²) in [6, 6.07) is 0. The first kappa shape index (κ1) is 11.3. The van der Waals surface area contributed by atoms with Crippen molar-refractivity contribution >= 4 is 15.7 Å². The molecule has 1 aromatic heterocycles. The number of nitrogens with two attached hydrogens (primary N) is 2. The fourth-order valence-corrected chi connectivity index (χ4v) is 3.01. The molecule has 0 bridgehead atoms. The smallest absolute Gasteiger partial charge is 0.151 e. The van der Waals surface area contributed by atoms with Crippen LogP contribution in [-0.4, -0.2) is 29.9 Å². The highest BCUT2D eigenvalue weighted by atomic mass is 32.2. The minimum Gasteiger partial charge on any atom is -0.383 e. The van der Waals surface area contributed by atoms with Gasteiger partial charge in [0.2, 0.25) is 0 Å². The maximum Gasteiger partial charge on any atom is 0.151 e. The number of sulfone groups is 1. The molecule has 0 amide bonds. The third kappa shape index (κ3) is 2.14. The number of hydrogen-bond acceptors (Lipinski definition) is 6. The zero-order valence-corrected chi connectivity index (χ0v) is 9.63. The van der Waals surface area contributed by atoms with E-state index in [2.05, 4.69) is 9.97 Å². The maximum atomic E-state index is 11.5. The Morgan fingerprint density at radius 3 is 2.56 bits per heavy atom. The first-order valence-corrected chi connectivity index (χ1v) is 6.88. The van der Waals surface area contributed by atoms with Gasteiger partial charge in [0, 0.05) is 12.0 Å². The second kappa shape index (κ2) is 3.99. The van der Waals surface area contributed by atoms with Crippen LogP contribution in [0.5, 0.6) is 0 Å². The third-order valence-electron chi connectivity index (χ3n) is 2.67. The molecule has 0 saturated carbocycles. The van der Waals surface area contributed by atoms with Crippen molar-refractivity contribution in [2.45, 2.75) is 19.4 Å². The van der Waals surface area contributed by atoms with Crippen LogP contribution in [0.3, 0.4) is 0 Å². The summed E-state index contributed by atoms with van der Waals surface area (Å²) >= 11 is 0. The molecule has 0 saturated heterocycles. The van der Waals surface area contributed by atoms with E-state index < -0.39 is 9.84 Å². The molecular weight excluding hydrogens is 228 g/mol. The molecule has 0 atom stereocenters. The number of nitrogen functional groups attached to an aromatic ring is 1. The van der Waals surface area contributed by atoms with Crippen molar-refractivity contribution < 1.29 is 8.42 Å². The van der Waals surface area contributed by atoms with E-state index in [1.54, 1.807) is 0 Å². The van der Waals surface area contributed by atoms with Gasteiger partial charge in [0.05, 0.1) is 23.7 Å². The second-order valence-corrected chi connectivity index (χ2v) is 6.11. The van der Waals surface area contributed by atoms with E-state index in [1.807, 2.05) is 0 Å². The lowest BCUT2D eigenvalue weighted by molar-refractivity contribution is 0.596. The van der Waals surface area contributed by atoms with Crippen molar-refractivity contribution in [1.82, 2.24) is 9.97 Å². The topological polar surface area (TPSA) is 112 Å². The van der Waals surface area contributed by atoms with E-state index in [-0.39, 0.29) is 18.1 Å². The fourth-order valence-electron chi connectivity index (χ4n) is 1.78. The summed E-state index contributed by atoms with van der Waals surface area (Å²) in [6.07, 6.45) is 0.797. The number of hydrogen-bond donors (Lipinski definition) is 2. The second-order valence-electron chi connectivity index (χ2n) is 3.81. The third-order valence-corrected chi connectivity index (χ3v) is 4.32. The Bertz CT molecular complexity index is 512. The number of aryl methyl sites for hydroxylation is 1. The first-order chi connectivity index (χ1) is 7.52. The first-order valence-electron chi connectivity index (χ1n) is 5.06. The number of fused-ring (bicyclic) bond motifs is 1. The molecule has 0 spiro atoms. The summed E-state index contributed by atoms with van der Waals surface area (Å²) in [4.78, 5) is 8.28. The van der Waals surface area contributed by atoms with Crippen LogP contribution in [0.2, 0.25) is 0 Å². The van der Waals surface area contributed by atoms with Crippen molar-refractivity contribution in [2.75, 3.05) is 17.2 Å². The summed E-state index contributed by atoms with van der Waals surface area (Å²) in [5, 5.41) is 0. The molecule has 2 rings (SSSR count). The van der Waals surface area contributed by atoms with Gasteiger partial charge in [-0.2, -0.15) is 0 Å². The Balaban J connectivity index is 2.45. The molecule has 1 aromatic rings. The Morgan fingerprint density at radius 2 is 1.88 bits per heavy atom. The van der Waals surface area contributed by atoms with Crippen LogP contribution in [0.25, 0.3) is 0 Å². The van der Waals surface area contributed by atoms with Crippen LogP contribution >= 0.6 is 0 Å². The summed E-state index contributed by atoms with van der Waals surface area (Å²) in [5.74, 6) is 1.08. The summed E-state index contributed by atoms with van der Waals surface area (Å²) in [5.41, 5.74) is 12.7. The predicted molar refractivity (Wildman–Crippen MR) is 60.4 cm³/mol. The molecule has 2 heterocycles. The van der Waals surface area contributed by atoms with Gasteiger partial charge in [0.1, 0.15) is 11.6 Å². The van der Waals surface area contributed by atoms with Gasteiger partial charge in [-0.3, -0.25) is 0 Å². The van der Waals surface area contributed by atoms with Crippen LogP contribution in [0.1, 0.15) is 17.1 Å². The van der Waals surface area contributed by atoms with Crippen LogP contribution < -0.4 is 11.5 Å². The molecule has 1 aliphatic rings. The average Bonchev–Trinajstić information content (AvgIpc) is 2.38. The summed E-state index contributed by atoms with van der Waals surface area (Å²) in [7, 11) is -2.98. The van der Waals surface area contributed by atoms with Crippen molar-refractivity contribution in [3.8, 4) is 0 Å². The molecule has 0 fully saturated rings. The fraction of sp³-hybridized carbons (Fsp3) is 0.556. The molecule has 1 aliphatic heterocycles. The van der Waals surface area contributed by atoms with Crippen LogP contribution in [-0.2, 0) is 29.2 Å². The molecule has 0 aromatic carbocycles. The van der Waals surface area contributed by atoms with Gasteiger partial charge in [-0.15, -0.1) is 0 Å². The number of rotatable bonds is 1. The molecule has 0 aliphatic carbocycles. The van der Waals surface area contributed by atoms with Gasteiger partial charge in [0.25, 0.3) is 0 Å². The van der Waals surface area contributed by atoms with Gasteiger partial charge < -0.3 is 11.5 Å². The molecule has 16 heavy (non-hydrogen) atoms. The number of nitrogens with zero attached hydrogens (tertiary/aromatic N) is 2. The number of aromatic nitrogens is 2. The monoisotopic (exact) mass is 242 g/mol. The highest BCUT2D eigenvalue weighted by molar-refractivity contribution is 7.91. The Kier molecular flexibility index (Phi) is 2.81. The molecule has 7 heteroatoms. The summed E-state index contributed by atoms with van der Waals surface area (Å²) < 4.78 is 23.0. The van der Waals surface area contributed by atoms with E-state index in [9.17, 15) is 8.42 Å². The lowest BCUT2D eigenvalue weighted by Crippen LogP contribution is -2.12. The van der Waals surface area contributed by atoms with Gasteiger partial charge >= 0.3 is 0 Å². The van der Waals surface area contributed by atoms with E-state index in [0.29, 0.717) is 24.5 Å². The summed E-state index contributed by atoms with van der Waals surface area (Å²) in [6.45, 7) is 0.213. The molecule has 0 unspecified atom stereocenters. The largest absolute Gasteiger partial charge is 0.383 e. The molecule has 0 radical (unpaired) electrons. The molecular formula is C9H14N4O2S. The van der Waals surface area contributed by atoms with Gasteiger partial charge in [-0.1, -0.05) is 0 Å². The highest BCUT2D eigenvalue weighted by Gasteiger charge is 2.22. The molecule has 88 valence electrons. The maximum absolute atomic E-state index is 11.5.